The molecule has 0 saturated carbocycles. The van der Waals surface area contributed by atoms with E-state index in [2.05, 4.69) is 345 Å². The van der Waals surface area contributed by atoms with Gasteiger partial charge in [0.2, 0.25) is 6.71 Å². The summed E-state index contributed by atoms with van der Waals surface area (Å²) in [5.41, 5.74) is 26.3. The molecule has 0 atom stereocenters. The van der Waals surface area contributed by atoms with Crippen LogP contribution in [0.1, 0.15) is 9.68 Å². The first-order chi connectivity index (χ1) is 49.8. The summed E-state index contributed by atoms with van der Waals surface area (Å²) in [7, 11) is 0. The molecule has 4 aromatic heterocycles. The second-order valence-corrected chi connectivity index (χ2v) is 27.1. The Morgan fingerprint density at radius 2 is 0.653 bits per heavy atom. The molecule has 15 aromatic carbocycles. The molecule has 0 bridgehead atoms. The van der Waals surface area contributed by atoms with Crippen LogP contribution in [0.5, 0.6) is 0 Å². The highest BCUT2D eigenvalue weighted by atomic mass is 32.2. The molecule has 7 heteroatoms. The molecule has 456 valence electrons. The zero-order valence-electron chi connectivity index (χ0n) is 56.0. The highest BCUT2D eigenvalue weighted by Crippen LogP contribution is 2.51. The Kier molecular flexibility index (Phi) is 11.3. The Morgan fingerprint density at radius 1 is 0.265 bits per heavy atom. The smallest absolute Gasteiger partial charge is 0.249 e. The Hall–Kier alpha value is -12.3. The Labute approximate surface area is 574 Å². The largest absolute Gasteiger partial charge is 0.311 e. The summed E-state index contributed by atoms with van der Waals surface area (Å²) in [6.07, 6.45) is 0. The molecular formula is C91H58BN5S. The summed E-state index contributed by atoms with van der Waals surface area (Å²) in [5.74, 6) is 0. The van der Waals surface area contributed by atoms with Crippen LogP contribution in [0.2, 0.25) is 0 Å². The van der Waals surface area contributed by atoms with E-state index in [1.54, 1.807) is 11.8 Å². The van der Waals surface area contributed by atoms with E-state index in [4.69, 9.17) is 4.11 Å². The average Bonchev–Trinajstić information content (AvgIpc) is 0.970. The minimum atomic E-state index is -2.33. The van der Waals surface area contributed by atoms with Gasteiger partial charge in [0.1, 0.15) is 0 Å². The van der Waals surface area contributed by atoms with Gasteiger partial charge in [-0.15, -0.1) is 0 Å². The lowest BCUT2D eigenvalue weighted by molar-refractivity contribution is 1.10. The van der Waals surface area contributed by atoms with E-state index in [-0.39, 0.29) is 6.71 Å². The number of benzene rings is 15. The molecule has 6 heterocycles. The Balaban J connectivity index is 0.889. The molecule has 0 radical (unpaired) electrons. The molecule has 5 nitrogen and oxygen atoms in total. The molecule has 19 aromatic rings. The van der Waals surface area contributed by atoms with Crippen molar-refractivity contribution in [1.82, 2.24) is 18.3 Å². The number of anilines is 3. The third-order valence-corrected chi connectivity index (χ3v) is 22.0. The van der Waals surface area contributed by atoms with Gasteiger partial charge in [0, 0.05) is 85.1 Å². The van der Waals surface area contributed by atoms with Crippen molar-refractivity contribution in [2.75, 3.05) is 4.90 Å². The van der Waals surface area contributed by atoms with E-state index in [9.17, 15) is 0 Å². The first-order valence-corrected chi connectivity index (χ1v) is 34.4. The van der Waals surface area contributed by atoms with Crippen molar-refractivity contribution >= 4 is 139 Å². The molecule has 0 spiro atoms. The fourth-order valence-electron chi connectivity index (χ4n) is 16.9. The van der Waals surface area contributed by atoms with Gasteiger partial charge in [0.05, 0.1) is 72.6 Å². The number of rotatable bonds is 8. The lowest BCUT2D eigenvalue weighted by atomic mass is 9.34. The molecule has 0 saturated heterocycles. The highest BCUT2D eigenvalue weighted by Gasteiger charge is 2.43. The van der Waals surface area contributed by atoms with E-state index in [1.165, 1.54) is 48.6 Å². The van der Waals surface area contributed by atoms with Crippen LogP contribution in [0.3, 0.4) is 0 Å². The van der Waals surface area contributed by atoms with Gasteiger partial charge in [0.15, 0.2) is 0 Å². The van der Waals surface area contributed by atoms with Gasteiger partial charge in [0.25, 0.3) is 0 Å². The zero-order chi connectivity index (χ0) is 66.8. The van der Waals surface area contributed by atoms with Gasteiger partial charge < -0.3 is 23.2 Å². The molecule has 98 heavy (non-hydrogen) atoms. The standard InChI is InChI=1S/C91H58BN5S/c1-57-49-51-73-87(53-57)98-88-56-60(63-37-24-48-84(94-77-41-17-8-30-66(77)67-31-9-18-42-78(67)94)91(63)97-81-45-21-12-34-70(81)71-35-13-22-46-82(71)97)55-86-89(88)92(73)72-52-50-59(54-85(72)95(86)74-38-14-5-27-61(74)58-25-3-2-4-26-58)62-36-23-47-83(93-75-39-15-6-28-64(75)65-29-7-16-40-76(65)93)90(62)96-79-43-19-10-32-68(79)69-33-11-20-44-80(69)96/h2-56H,1H3/i1D3. The van der Waals surface area contributed by atoms with Gasteiger partial charge in [-0.2, -0.15) is 0 Å². The minimum absolute atomic E-state index is 0.290. The third-order valence-electron chi connectivity index (χ3n) is 20.9. The summed E-state index contributed by atoms with van der Waals surface area (Å²) in [5, 5.41) is 9.46. The minimum Gasteiger partial charge on any atom is -0.311 e. The van der Waals surface area contributed by atoms with Crippen LogP contribution in [-0.2, 0) is 0 Å². The van der Waals surface area contributed by atoms with Crippen molar-refractivity contribution in [2.24, 2.45) is 0 Å². The molecule has 0 fully saturated rings. The second kappa shape index (κ2) is 21.4. The maximum Gasteiger partial charge on any atom is 0.249 e. The first kappa shape index (κ1) is 52.0. The SMILES string of the molecule is [2H]C([2H])([2H])c1ccc2c(c1)Sc1cc(-c3cccc(-n4c5ccccc5c5ccccc54)c3-n3c4ccccc4c4ccccc43)cc3c1B2c1ccc(-c2cccc(-n4c5ccccc5c5ccccc54)c2-n2c4ccccc4c4ccccc42)cc1N3c1ccccc1-c1ccccc1. The maximum atomic E-state index is 8.85. The molecule has 0 amide bonds. The number of hydrogen-bond donors (Lipinski definition) is 0. The molecule has 0 N–H and O–H groups in total. The molecule has 0 aliphatic carbocycles. The lowest BCUT2D eigenvalue weighted by Gasteiger charge is -2.41. The number of fused-ring (bicyclic) bond motifs is 16. The Morgan fingerprint density at radius 3 is 1.13 bits per heavy atom. The van der Waals surface area contributed by atoms with Crippen molar-refractivity contribution < 1.29 is 4.11 Å². The third kappa shape index (κ3) is 7.93. The van der Waals surface area contributed by atoms with Crippen molar-refractivity contribution in [3.05, 3.63) is 339 Å². The summed E-state index contributed by atoms with van der Waals surface area (Å²) < 4.78 is 36.5. The topological polar surface area (TPSA) is 23.0 Å². The number of nitrogens with zero attached hydrogens (tertiary/aromatic N) is 5. The van der Waals surface area contributed by atoms with Crippen LogP contribution >= 0.6 is 11.8 Å². The van der Waals surface area contributed by atoms with Crippen molar-refractivity contribution in [1.29, 1.82) is 0 Å². The van der Waals surface area contributed by atoms with Gasteiger partial charge in [-0.3, -0.25) is 0 Å². The van der Waals surface area contributed by atoms with Crippen LogP contribution in [0.25, 0.3) is 143 Å². The predicted octanol–water partition coefficient (Wildman–Crippen LogP) is 22.1. The van der Waals surface area contributed by atoms with Crippen molar-refractivity contribution in [3.63, 3.8) is 0 Å². The van der Waals surface area contributed by atoms with Crippen molar-refractivity contribution in [2.45, 2.75) is 16.6 Å². The summed E-state index contributed by atoms with van der Waals surface area (Å²) in [6, 6.07) is 122. The fourth-order valence-corrected chi connectivity index (χ4v) is 18.1. The average molecular weight is 1270 g/mol. The number of para-hydroxylation sites is 11. The van der Waals surface area contributed by atoms with E-state index < -0.39 is 6.85 Å². The number of aryl methyl sites for hydroxylation is 1. The molecule has 21 rings (SSSR count). The van der Waals surface area contributed by atoms with Gasteiger partial charge in [-0.25, -0.2) is 0 Å². The van der Waals surface area contributed by atoms with Gasteiger partial charge in [-0.1, -0.05) is 265 Å². The second-order valence-electron chi connectivity index (χ2n) is 26.0. The van der Waals surface area contributed by atoms with E-state index in [0.717, 1.165) is 138 Å². The van der Waals surface area contributed by atoms with Crippen molar-refractivity contribution in [3.8, 4) is 56.1 Å². The van der Waals surface area contributed by atoms with Crippen LogP contribution in [-0.4, -0.2) is 25.0 Å². The van der Waals surface area contributed by atoms with Crippen LogP contribution in [0.4, 0.5) is 17.1 Å². The maximum absolute atomic E-state index is 8.85. The monoisotopic (exact) mass is 1270 g/mol. The van der Waals surface area contributed by atoms with Crippen LogP contribution in [0, 0.1) is 6.85 Å². The number of hydrogen-bond acceptors (Lipinski definition) is 2. The van der Waals surface area contributed by atoms with E-state index in [0.29, 0.717) is 5.56 Å². The van der Waals surface area contributed by atoms with E-state index in [1.807, 2.05) is 12.1 Å². The van der Waals surface area contributed by atoms with E-state index >= 15 is 0 Å². The molecule has 2 aliphatic heterocycles. The predicted molar refractivity (Wildman–Crippen MR) is 415 cm³/mol. The summed E-state index contributed by atoms with van der Waals surface area (Å²) in [4.78, 5) is 4.56. The van der Waals surface area contributed by atoms with Gasteiger partial charge >= 0.3 is 0 Å². The highest BCUT2D eigenvalue weighted by molar-refractivity contribution is 8.00. The quantitative estimate of drug-likeness (QED) is 0.142. The zero-order valence-corrected chi connectivity index (χ0v) is 53.8. The van der Waals surface area contributed by atoms with Gasteiger partial charge in [-0.05, 0) is 125 Å². The summed E-state index contributed by atoms with van der Waals surface area (Å²) >= 11 is 1.69. The van der Waals surface area contributed by atoms with Crippen LogP contribution in [0.15, 0.2) is 343 Å². The summed E-state index contributed by atoms with van der Waals surface area (Å²) in [6.45, 7) is -2.62. The fraction of sp³-hybridized carbons (Fsp3) is 0.0110. The lowest BCUT2D eigenvalue weighted by Crippen LogP contribution is -2.59. The molecule has 0 unspecified atom stereocenters. The number of aromatic nitrogens is 4. The normalized spacial score (nSPS) is 13.2. The Bertz CT molecular complexity index is 6500. The molecule has 2 aliphatic rings. The first-order valence-electron chi connectivity index (χ1n) is 35.1. The molecular weight excluding hydrogens is 1210 g/mol. The van der Waals surface area contributed by atoms with Crippen LogP contribution < -0.4 is 21.3 Å².